The first kappa shape index (κ1) is 11.2. The van der Waals surface area contributed by atoms with Gasteiger partial charge in [0.25, 0.3) is 0 Å². The van der Waals surface area contributed by atoms with Crippen LogP contribution in [0.2, 0.25) is 0 Å². The van der Waals surface area contributed by atoms with Crippen molar-refractivity contribution in [3.8, 4) is 0 Å². The number of nitrogens with zero attached hydrogens (tertiary/aromatic N) is 1. The number of ether oxygens (including phenoxy) is 1. The minimum absolute atomic E-state index is 0.102. The van der Waals surface area contributed by atoms with Crippen molar-refractivity contribution in [2.24, 2.45) is 0 Å². The highest BCUT2D eigenvalue weighted by Gasteiger charge is 2.26. The van der Waals surface area contributed by atoms with E-state index >= 15 is 0 Å². The van der Waals surface area contributed by atoms with Crippen molar-refractivity contribution in [3.63, 3.8) is 0 Å². The fraction of sp³-hybridized carbons (Fsp3) is 0.875. The molecular formula is C8H18N2O2. The monoisotopic (exact) mass is 174 g/mol. The first-order valence-electron chi connectivity index (χ1n) is 4.29. The first-order valence-corrected chi connectivity index (χ1v) is 4.29. The molecule has 0 saturated carbocycles. The lowest BCUT2D eigenvalue weighted by Crippen LogP contribution is -2.51. The lowest BCUT2D eigenvalue weighted by atomic mass is 10.2. The highest BCUT2D eigenvalue weighted by atomic mass is 16.6. The lowest BCUT2D eigenvalue weighted by molar-refractivity contribution is 0.00149. The largest absolute Gasteiger partial charge is 0.444 e. The molecule has 1 saturated heterocycles. The molecule has 4 nitrogen and oxygen atoms in total. The van der Waals surface area contributed by atoms with Crippen molar-refractivity contribution >= 4 is 6.09 Å². The van der Waals surface area contributed by atoms with Crippen molar-refractivity contribution in [2.45, 2.75) is 20.0 Å². The predicted octanol–water partition coefficient (Wildman–Crippen LogP) is 0.683. The zero-order chi connectivity index (χ0) is 9.56. The van der Waals surface area contributed by atoms with Gasteiger partial charge in [0.15, 0.2) is 0 Å². The molecular weight excluding hydrogens is 156 g/mol. The molecule has 1 heterocycles. The van der Waals surface area contributed by atoms with Gasteiger partial charge in [0.1, 0.15) is 6.10 Å². The number of alkyl carbamates (subject to hydrolysis) is 1. The van der Waals surface area contributed by atoms with Crippen LogP contribution in [0.1, 0.15) is 13.8 Å². The average Bonchev–Trinajstić information content (AvgIpc) is 2.05. The van der Waals surface area contributed by atoms with Gasteiger partial charge in [0, 0.05) is 20.1 Å². The van der Waals surface area contributed by atoms with E-state index < -0.39 is 0 Å². The summed E-state index contributed by atoms with van der Waals surface area (Å²) in [6.45, 7) is 5.71. The second-order valence-electron chi connectivity index (χ2n) is 2.50. The third kappa shape index (κ3) is 3.57. The van der Waals surface area contributed by atoms with E-state index in [1.54, 1.807) is 7.05 Å². The van der Waals surface area contributed by atoms with Gasteiger partial charge in [-0.3, -0.25) is 4.90 Å². The SMILES string of the molecule is CC.CNC(=O)OC1CN(C)C1. The number of likely N-dealkylation sites (N-methyl/N-ethyl adjacent to an activating group) is 1. The zero-order valence-electron chi connectivity index (χ0n) is 8.26. The van der Waals surface area contributed by atoms with Crippen LogP contribution in [0, 0.1) is 0 Å². The summed E-state index contributed by atoms with van der Waals surface area (Å²) in [5, 5.41) is 2.40. The molecule has 0 aromatic rings. The van der Waals surface area contributed by atoms with Crippen molar-refractivity contribution < 1.29 is 9.53 Å². The summed E-state index contributed by atoms with van der Waals surface area (Å²) >= 11 is 0. The van der Waals surface area contributed by atoms with Gasteiger partial charge in [-0.15, -0.1) is 0 Å². The minimum Gasteiger partial charge on any atom is -0.444 e. The third-order valence-electron chi connectivity index (χ3n) is 1.51. The Morgan fingerprint density at radius 2 is 2.00 bits per heavy atom. The highest BCUT2D eigenvalue weighted by Crippen LogP contribution is 2.07. The van der Waals surface area contributed by atoms with Crippen molar-refractivity contribution in [1.29, 1.82) is 0 Å². The van der Waals surface area contributed by atoms with Gasteiger partial charge in [-0.1, -0.05) is 13.8 Å². The van der Waals surface area contributed by atoms with E-state index in [-0.39, 0.29) is 12.2 Å². The molecule has 1 amide bonds. The van der Waals surface area contributed by atoms with Crippen LogP contribution in [-0.2, 0) is 4.74 Å². The van der Waals surface area contributed by atoms with E-state index in [1.807, 2.05) is 20.9 Å². The Hall–Kier alpha value is -0.770. The second kappa shape index (κ2) is 5.83. The average molecular weight is 174 g/mol. The van der Waals surface area contributed by atoms with Crippen molar-refractivity contribution in [2.75, 3.05) is 27.2 Å². The molecule has 1 fully saturated rings. The number of likely N-dealkylation sites (tertiary alicyclic amines) is 1. The number of amides is 1. The van der Waals surface area contributed by atoms with Crippen LogP contribution < -0.4 is 5.32 Å². The molecule has 72 valence electrons. The smallest absolute Gasteiger partial charge is 0.407 e. The molecule has 0 aromatic heterocycles. The molecule has 1 aliphatic rings. The first-order chi connectivity index (χ1) is 5.72. The van der Waals surface area contributed by atoms with Gasteiger partial charge in [-0.05, 0) is 7.05 Å². The van der Waals surface area contributed by atoms with E-state index in [4.69, 9.17) is 4.74 Å². The summed E-state index contributed by atoms with van der Waals surface area (Å²) in [5.74, 6) is 0. The summed E-state index contributed by atoms with van der Waals surface area (Å²) < 4.78 is 4.91. The quantitative estimate of drug-likeness (QED) is 0.635. The molecule has 4 heteroatoms. The summed E-state index contributed by atoms with van der Waals surface area (Å²) in [5.41, 5.74) is 0. The van der Waals surface area contributed by atoms with E-state index in [9.17, 15) is 4.79 Å². The molecule has 0 aliphatic carbocycles. The predicted molar refractivity (Wildman–Crippen MR) is 48.2 cm³/mol. The van der Waals surface area contributed by atoms with Gasteiger partial charge in [-0.2, -0.15) is 0 Å². The van der Waals surface area contributed by atoms with Crippen LogP contribution in [0.25, 0.3) is 0 Å². The Bertz CT molecular complexity index is 133. The molecule has 0 atom stereocenters. The maximum Gasteiger partial charge on any atom is 0.407 e. The molecule has 1 N–H and O–H groups in total. The van der Waals surface area contributed by atoms with Gasteiger partial charge in [-0.25, -0.2) is 4.79 Å². The molecule has 0 spiro atoms. The molecule has 12 heavy (non-hydrogen) atoms. The van der Waals surface area contributed by atoms with Crippen LogP contribution in [0.15, 0.2) is 0 Å². The van der Waals surface area contributed by atoms with Crippen LogP contribution >= 0.6 is 0 Å². The maximum absolute atomic E-state index is 10.6. The fourth-order valence-corrected chi connectivity index (χ4v) is 0.927. The Morgan fingerprint density at radius 3 is 2.33 bits per heavy atom. The fourth-order valence-electron chi connectivity index (χ4n) is 0.927. The topological polar surface area (TPSA) is 41.6 Å². The highest BCUT2D eigenvalue weighted by molar-refractivity contribution is 5.66. The van der Waals surface area contributed by atoms with E-state index in [1.165, 1.54) is 0 Å². The number of hydrogen-bond acceptors (Lipinski definition) is 3. The maximum atomic E-state index is 10.6. The molecule has 0 radical (unpaired) electrons. The molecule has 1 aliphatic heterocycles. The number of hydrogen-bond donors (Lipinski definition) is 1. The number of carbonyl (C=O) groups is 1. The molecule has 1 rings (SSSR count). The van der Waals surface area contributed by atoms with Crippen LogP contribution in [0.4, 0.5) is 4.79 Å². The summed E-state index contributed by atoms with van der Waals surface area (Å²) in [6, 6.07) is 0. The van der Waals surface area contributed by atoms with Gasteiger partial charge in [0.05, 0.1) is 0 Å². The Balaban J connectivity index is 0.000000561. The van der Waals surface area contributed by atoms with Gasteiger partial charge >= 0.3 is 6.09 Å². The summed E-state index contributed by atoms with van der Waals surface area (Å²) in [7, 11) is 3.55. The van der Waals surface area contributed by atoms with E-state index in [0.29, 0.717) is 0 Å². The standard InChI is InChI=1S/C6H12N2O2.C2H6/c1-7-6(9)10-5-3-8(2)4-5;1-2/h5H,3-4H2,1-2H3,(H,7,9);1-2H3. The molecule has 0 bridgehead atoms. The van der Waals surface area contributed by atoms with Crippen LogP contribution in [0.5, 0.6) is 0 Å². The van der Waals surface area contributed by atoms with Gasteiger partial charge < -0.3 is 10.1 Å². The Labute approximate surface area is 73.9 Å². The number of rotatable bonds is 1. The third-order valence-corrected chi connectivity index (χ3v) is 1.51. The minimum atomic E-state index is -0.335. The van der Waals surface area contributed by atoms with Crippen LogP contribution in [0.3, 0.4) is 0 Å². The second-order valence-corrected chi connectivity index (χ2v) is 2.50. The normalized spacial score (nSPS) is 17.0. The van der Waals surface area contributed by atoms with Crippen molar-refractivity contribution in [3.05, 3.63) is 0 Å². The Morgan fingerprint density at radius 1 is 1.50 bits per heavy atom. The van der Waals surface area contributed by atoms with Crippen molar-refractivity contribution in [1.82, 2.24) is 10.2 Å². The summed E-state index contributed by atoms with van der Waals surface area (Å²) in [4.78, 5) is 12.7. The lowest BCUT2D eigenvalue weighted by Gasteiger charge is -2.34. The Kier molecular flexibility index (Phi) is 5.45. The van der Waals surface area contributed by atoms with Gasteiger partial charge in [0.2, 0.25) is 0 Å². The van der Waals surface area contributed by atoms with E-state index in [0.717, 1.165) is 13.1 Å². The molecule has 0 unspecified atom stereocenters. The summed E-state index contributed by atoms with van der Waals surface area (Å²) in [6.07, 6.45) is -0.233. The molecule has 0 aromatic carbocycles. The number of carbonyl (C=O) groups excluding carboxylic acids is 1. The number of nitrogens with one attached hydrogen (secondary N) is 1. The van der Waals surface area contributed by atoms with Crippen LogP contribution in [-0.4, -0.2) is 44.3 Å². The van der Waals surface area contributed by atoms with E-state index in [2.05, 4.69) is 10.2 Å². The zero-order valence-corrected chi connectivity index (χ0v) is 8.26.